The van der Waals surface area contributed by atoms with Gasteiger partial charge in [-0.2, -0.15) is 0 Å². The summed E-state index contributed by atoms with van der Waals surface area (Å²) in [7, 11) is -0.147. The maximum absolute atomic E-state index is 12.8. The van der Waals surface area contributed by atoms with Gasteiger partial charge in [-0.1, -0.05) is 6.92 Å². The quantitative estimate of drug-likeness (QED) is 0.617. The van der Waals surface area contributed by atoms with E-state index in [2.05, 4.69) is 4.98 Å². The second-order valence-corrected chi connectivity index (χ2v) is 9.44. The van der Waals surface area contributed by atoms with E-state index in [0.717, 1.165) is 11.0 Å². The summed E-state index contributed by atoms with van der Waals surface area (Å²) in [4.78, 5) is 43.1. The number of carbonyl (C=O) groups is 1. The van der Waals surface area contributed by atoms with E-state index >= 15 is 0 Å². The average Bonchev–Trinajstić information content (AvgIpc) is 3.23. The van der Waals surface area contributed by atoms with Crippen molar-refractivity contribution in [2.24, 2.45) is 14.1 Å². The Hall–Kier alpha value is -2.43. The van der Waals surface area contributed by atoms with Crippen LogP contribution in [-0.4, -0.2) is 62.0 Å². The third kappa shape index (κ3) is 3.62. The zero-order valence-corrected chi connectivity index (χ0v) is 17.1. The number of sulfone groups is 1. The van der Waals surface area contributed by atoms with Crippen molar-refractivity contribution in [3.8, 4) is 0 Å². The molecule has 1 aliphatic rings. The first-order valence-corrected chi connectivity index (χ1v) is 11.1. The standard InChI is InChI=1S/C17H25N5O5S/c1-4-7-22(12-6-9-28(26,27)10-12)13(23)5-8-21-11-18-15-14(21)16(24)20(3)17(25)19(15)2/h11-12H,4-10H2,1-3H3/t12-/m0/s1. The molecular weight excluding hydrogens is 386 g/mol. The van der Waals surface area contributed by atoms with Crippen molar-refractivity contribution < 1.29 is 13.2 Å². The van der Waals surface area contributed by atoms with Gasteiger partial charge in [0.15, 0.2) is 21.0 Å². The molecule has 1 saturated heterocycles. The number of imidazole rings is 1. The third-order valence-corrected chi connectivity index (χ3v) is 6.97. The Bertz CT molecular complexity index is 1130. The highest BCUT2D eigenvalue weighted by molar-refractivity contribution is 7.91. The van der Waals surface area contributed by atoms with Gasteiger partial charge in [0, 0.05) is 39.6 Å². The van der Waals surface area contributed by atoms with Gasteiger partial charge in [0.05, 0.1) is 17.8 Å². The molecule has 0 N–H and O–H groups in total. The molecule has 0 radical (unpaired) electrons. The molecule has 3 rings (SSSR count). The van der Waals surface area contributed by atoms with Crippen LogP contribution in [0.3, 0.4) is 0 Å². The fourth-order valence-electron chi connectivity index (χ4n) is 3.70. The van der Waals surface area contributed by atoms with Crippen LogP contribution in [0.1, 0.15) is 26.2 Å². The number of hydrogen-bond donors (Lipinski definition) is 0. The molecule has 1 aliphatic heterocycles. The molecule has 10 nitrogen and oxygen atoms in total. The van der Waals surface area contributed by atoms with Crippen molar-refractivity contribution in [2.75, 3.05) is 18.1 Å². The number of aromatic nitrogens is 4. The van der Waals surface area contributed by atoms with Crippen LogP contribution in [0.15, 0.2) is 15.9 Å². The second-order valence-electron chi connectivity index (χ2n) is 7.21. The summed E-state index contributed by atoms with van der Waals surface area (Å²) in [5.41, 5.74) is -0.388. The Morgan fingerprint density at radius 3 is 2.61 bits per heavy atom. The molecule has 1 fully saturated rings. The maximum atomic E-state index is 12.8. The van der Waals surface area contributed by atoms with E-state index in [1.807, 2.05) is 6.92 Å². The van der Waals surface area contributed by atoms with Crippen molar-refractivity contribution in [1.29, 1.82) is 0 Å². The summed E-state index contributed by atoms with van der Waals surface area (Å²) in [6.45, 7) is 2.67. The zero-order valence-electron chi connectivity index (χ0n) is 16.3. The third-order valence-electron chi connectivity index (χ3n) is 5.22. The molecule has 0 aromatic carbocycles. The molecule has 1 amide bonds. The molecule has 11 heteroatoms. The minimum absolute atomic E-state index is 0.00933. The number of aryl methyl sites for hydroxylation is 2. The van der Waals surface area contributed by atoms with Crippen molar-refractivity contribution >= 4 is 26.9 Å². The molecule has 0 spiro atoms. The molecule has 0 saturated carbocycles. The molecule has 1 atom stereocenters. The lowest BCUT2D eigenvalue weighted by atomic mass is 10.2. The molecule has 0 bridgehead atoms. The highest BCUT2D eigenvalue weighted by Crippen LogP contribution is 2.19. The first kappa shape index (κ1) is 20.3. The molecule has 3 heterocycles. The van der Waals surface area contributed by atoms with Crippen LogP contribution in [0.25, 0.3) is 11.2 Å². The summed E-state index contributed by atoms with van der Waals surface area (Å²) in [6, 6.07) is -0.286. The smallest absolute Gasteiger partial charge is 0.332 e. The van der Waals surface area contributed by atoms with Gasteiger partial charge >= 0.3 is 5.69 Å². The van der Waals surface area contributed by atoms with Gasteiger partial charge in [0.2, 0.25) is 5.91 Å². The zero-order chi connectivity index (χ0) is 20.6. The Morgan fingerprint density at radius 2 is 2.00 bits per heavy atom. The van der Waals surface area contributed by atoms with Gasteiger partial charge < -0.3 is 9.47 Å². The van der Waals surface area contributed by atoms with E-state index in [4.69, 9.17) is 0 Å². The monoisotopic (exact) mass is 411 g/mol. The minimum atomic E-state index is -3.08. The number of carbonyl (C=O) groups excluding carboxylic acids is 1. The lowest BCUT2D eigenvalue weighted by Crippen LogP contribution is -2.42. The Morgan fingerprint density at radius 1 is 1.29 bits per heavy atom. The van der Waals surface area contributed by atoms with Crippen LogP contribution in [0.5, 0.6) is 0 Å². The van der Waals surface area contributed by atoms with E-state index in [1.54, 1.807) is 9.47 Å². The van der Waals surface area contributed by atoms with Crippen molar-refractivity contribution in [3.63, 3.8) is 0 Å². The number of nitrogens with zero attached hydrogens (tertiary/aromatic N) is 5. The number of hydrogen-bond acceptors (Lipinski definition) is 6. The summed E-state index contributed by atoms with van der Waals surface area (Å²) < 4.78 is 27.4. The Labute approximate surface area is 162 Å². The fourth-order valence-corrected chi connectivity index (χ4v) is 5.43. The average molecular weight is 411 g/mol. The highest BCUT2D eigenvalue weighted by Gasteiger charge is 2.34. The van der Waals surface area contributed by atoms with Gasteiger partial charge in [0.1, 0.15) is 0 Å². The highest BCUT2D eigenvalue weighted by atomic mass is 32.2. The minimum Gasteiger partial charge on any atom is -0.339 e. The molecule has 0 aliphatic carbocycles. The van der Waals surface area contributed by atoms with E-state index in [0.29, 0.717) is 13.0 Å². The van der Waals surface area contributed by atoms with Gasteiger partial charge in [0.25, 0.3) is 5.56 Å². The van der Waals surface area contributed by atoms with Crippen LogP contribution < -0.4 is 11.2 Å². The predicted molar refractivity (Wildman–Crippen MR) is 104 cm³/mol. The molecule has 2 aromatic heterocycles. The normalized spacial score (nSPS) is 18.6. The van der Waals surface area contributed by atoms with Crippen molar-refractivity contribution in [3.05, 3.63) is 27.2 Å². The van der Waals surface area contributed by atoms with Gasteiger partial charge in [-0.05, 0) is 12.8 Å². The summed E-state index contributed by atoms with van der Waals surface area (Å²) >= 11 is 0. The molecule has 154 valence electrons. The number of amides is 1. The van der Waals surface area contributed by atoms with Crippen molar-refractivity contribution in [1.82, 2.24) is 23.6 Å². The second kappa shape index (κ2) is 7.53. The van der Waals surface area contributed by atoms with E-state index in [-0.39, 0.29) is 47.6 Å². The molecular formula is C17H25N5O5S. The van der Waals surface area contributed by atoms with Gasteiger partial charge in [-0.3, -0.25) is 18.7 Å². The summed E-state index contributed by atoms with van der Waals surface area (Å²) in [5, 5.41) is 0. The largest absolute Gasteiger partial charge is 0.339 e. The molecule has 28 heavy (non-hydrogen) atoms. The van der Waals surface area contributed by atoms with Gasteiger partial charge in [-0.25, -0.2) is 18.2 Å². The van der Waals surface area contributed by atoms with E-state index in [1.165, 1.54) is 25.0 Å². The van der Waals surface area contributed by atoms with Crippen LogP contribution in [0, 0.1) is 0 Å². The van der Waals surface area contributed by atoms with Crippen LogP contribution in [0.2, 0.25) is 0 Å². The van der Waals surface area contributed by atoms with E-state index < -0.39 is 21.1 Å². The summed E-state index contributed by atoms with van der Waals surface area (Å²) in [5.74, 6) is -0.0241. The number of rotatable bonds is 6. The number of fused-ring (bicyclic) bond motifs is 1. The Balaban J connectivity index is 1.82. The van der Waals surface area contributed by atoms with Gasteiger partial charge in [-0.15, -0.1) is 0 Å². The van der Waals surface area contributed by atoms with Crippen LogP contribution in [-0.2, 0) is 35.3 Å². The maximum Gasteiger partial charge on any atom is 0.332 e. The van der Waals surface area contributed by atoms with Crippen LogP contribution >= 0.6 is 0 Å². The first-order valence-electron chi connectivity index (χ1n) is 9.27. The molecule has 0 unspecified atom stereocenters. The van der Waals surface area contributed by atoms with Crippen LogP contribution in [0.4, 0.5) is 0 Å². The fraction of sp³-hybridized carbons (Fsp3) is 0.647. The lowest BCUT2D eigenvalue weighted by Gasteiger charge is -2.28. The SMILES string of the molecule is CCCN(C(=O)CCn1cnc2c1c(=O)n(C)c(=O)n2C)[C@H]1CCS(=O)(=O)C1. The summed E-state index contributed by atoms with van der Waals surface area (Å²) in [6.07, 6.45) is 2.76. The Kier molecular flexibility index (Phi) is 5.46. The predicted octanol–water partition coefficient (Wildman–Crippen LogP) is -0.750. The first-order chi connectivity index (χ1) is 13.2. The topological polar surface area (TPSA) is 116 Å². The lowest BCUT2D eigenvalue weighted by molar-refractivity contribution is -0.133. The molecule has 2 aromatic rings. The van der Waals surface area contributed by atoms with Crippen molar-refractivity contribution in [2.45, 2.75) is 38.8 Å². The van der Waals surface area contributed by atoms with E-state index in [9.17, 15) is 22.8 Å².